The van der Waals surface area contributed by atoms with Gasteiger partial charge in [0.05, 0.1) is 17.5 Å². The number of aryl methyl sites for hydroxylation is 1. The van der Waals surface area contributed by atoms with Crippen molar-refractivity contribution in [1.29, 1.82) is 0 Å². The summed E-state index contributed by atoms with van der Waals surface area (Å²) in [7, 11) is -3.11. The molecule has 1 amide bonds. The molecular weight excluding hydrogens is 376 g/mol. The summed E-state index contributed by atoms with van der Waals surface area (Å²) in [4.78, 5) is 28.6. The van der Waals surface area contributed by atoms with Gasteiger partial charge >= 0.3 is 0 Å². The van der Waals surface area contributed by atoms with Crippen molar-refractivity contribution < 1.29 is 23.1 Å². The lowest BCUT2D eigenvalue weighted by Crippen LogP contribution is -2.37. The number of amides is 1. The first-order chi connectivity index (χ1) is 12.2. The average molecular weight is 395 g/mol. The Kier molecular flexibility index (Phi) is 5.38. The maximum absolute atomic E-state index is 12.1. The van der Waals surface area contributed by atoms with Crippen LogP contribution in [-0.4, -0.2) is 48.3 Å². The second kappa shape index (κ2) is 7.40. The third-order valence-electron chi connectivity index (χ3n) is 4.34. The van der Waals surface area contributed by atoms with Gasteiger partial charge in [-0.05, 0) is 37.5 Å². The van der Waals surface area contributed by atoms with E-state index in [0.717, 1.165) is 11.3 Å². The minimum absolute atomic E-state index is 0.0212. The van der Waals surface area contributed by atoms with Gasteiger partial charge in [0.1, 0.15) is 0 Å². The van der Waals surface area contributed by atoms with Gasteiger partial charge in [0, 0.05) is 23.3 Å². The Hall–Kier alpha value is -1.87. The quantitative estimate of drug-likeness (QED) is 0.715. The van der Waals surface area contributed by atoms with E-state index in [0.29, 0.717) is 5.17 Å². The third-order valence-corrected chi connectivity index (χ3v) is 7.55. The van der Waals surface area contributed by atoms with Crippen LogP contribution in [0.1, 0.15) is 24.8 Å². The van der Waals surface area contributed by atoms with Gasteiger partial charge in [-0.25, -0.2) is 8.42 Å². The number of thioether (sulfide) groups is 1. The summed E-state index contributed by atoms with van der Waals surface area (Å²) in [6.45, 7) is 1.94. The number of hydrogen-bond acceptors (Lipinski definition) is 6. The van der Waals surface area contributed by atoms with Crippen LogP contribution < -0.4 is 10.0 Å². The van der Waals surface area contributed by atoms with Crippen LogP contribution in [0.25, 0.3) is 0 Å². The number of hydrogen-bond donors (Lipinski definition) is 0. The van der Waals surface area contributed by atoms with Crippen LogP contribution in [0.2, 0.25) is 0 Å². The highest BCUT2D eigenvalue weighted by atomic mass is 32.2. The van der Waals surface area contributed by atoms with Crippen LogP contribution in [0.4, 0.5) is 5.69 Å². The minimum atomic E-state index is -3.11. The number of carboxylic acids is 1. The number of amidine groups is 1. The van der Waals surface area contributed by atoms with Crippen molar-refractivity contribution in [2.24, 2.45) is 4.99 Å². The Balaban J connectivity index is 1.85. The van der Waals surface area contributed by atoms with Crippen LogP contribution in [0.3, 0.4) is 0 Å². The zero-order valence-electron chi connectivity index (χ0n) is 14.3. The summed E-state index contributed by atoms with van der Waals surface area (Å²) in [5.41, 5.74) is 1.83. The molecule has 9 heteroatoms. The van der Waals surface area contributed by atoms with Crippen molar-refractivity contribution in [3.8, 4) is 0 Å². The molecule has 2 aliphatic rings. The normalized spacial score (nSPS) is 25.4. The largest absolute Gasteiger partial charge is 0.550 e. The van der Waals surface area contributed by atoms with Crippen molar-refractivity contribution in [3.63, 3.8) is 0 Å². The molecular formula is C17H19N2O5S2-. The number of carbonyl (C=O) groups excluding carboxylic acids is 2. The van der Waals surface area contributed by atoms with Crippen LogP contribution >= 0.6 is 11.8 Å². The lowest BCUT2D eigenvalue weighted by molar-refractivity contribution is -0.305. The van der Waals surface area contributed by atoms with Gasteiger partial charge in [-0.2, -0.15) is 4.99 Å². The molecule has 0 N–H and O–H groups in total. The molecule has 0 radical (unpaired) electrons. The molecule has 1 aromatic carbocycles. The SMILES string of the molecule is Cc1cccc(N2C(=NC(=O)CCCC(=O)[O-])S[C@@H]3CS(=O)(=O)C[C@H]32)c1. The molecule has 0 aliphatic carbocycles. The van der Waals surface area contributed by atoms with E-state index in [9.17, 15) is 23.1 Å². The molecule has 1 aromatic rings. The van der Waals surface area contributed by atoms with Gasteiger partial charge in [0.2, 0.25) is 5.91 Å². The fourth-order valence-corrected chi connectivity index (χ4v) is 7.12. The maximum atomic E-state index is 12.1. The van der Waals surface area contributed by atoms with E-state index in [4.69, 9.17) is 0 Å². The molecule has 0 unspecified atom stereocenters. The summed E-state index contributed by atoms with van der Waals surface area (Å²) in [6, 6.07) is 7.38. The van der Waals surface area contributed by atoms with Crippen molar-refractivity contribution >= 4 is 44.3 Å². The Bertz CT molecular complexity index is 866. The second-order valence-corrected chi connectivity index (χ2v) is 9.88. The predicted molar refractivity (Wildman–Crippen MR) is 98.8 cm³/mol. The van der Waals surface area contributed by atoms with Gasteiger partial charge in [0.15, 0.2) is 15.0 Å². The summed E-state index contributed by atoms with van der Waals surface area (Å²) in [5, 5.41) is 10.8. The molecule has 0 bridgehead atoms. The van der Waals surface area contributed by atoms with Crippen LogP contribution in [0.15, 0.2) is 29.3 Å². The smallest absolute Gasteiger partial charge is 0.248 e. The third kappa shape index (κ3) is 4.27. The molecule has 0 spiro atoms. The number of nitrogens with zero attached hydrogens (tertiary/aromatic N) is 2. The van der Waals surface area contributed by atoms with E-state index in [1.807, 2.05) is 36.1 Å². The number of benzene rings is 1. The van der Waals surface area contributed by atoms with E-state index < -0.39 is 21.7 Å². The van der Waals surface area contributed by atoms with Gasteiger partial charge in [-0.1, -0.05) is 23.9 Å². The average Bonchev–Trinajstić information content (AvgIpc) is 2.97. The molecule has 0 saturated carbocycles. The monoisotopic (exact) mass is 395 g/mol. The molecule has 26 heavy (non-hydrogen) atoms. The molecule has 2 atom stereocenters. The Morgan fingerprint density at radius 3 is 2.77 bits per heavy atom. The molecule has 0 aromatic heterocycles. The Labute approximate surface area is 156 Å². The molecule has 7 nitrogen and oxygen atoms in total. The highest BCUT2D eigenvalue weighted by molar-refractivity contribution is 8.16. The van der Waals surface area contributed by atoms with Gasteiger partial charge in [-0.3, -0.25) is 4.79 Å². The van der Waals surface area contributed by atoms with Crippen LogP contribution in [0.5, 0.6) is 0 Å². The zero-order chi connectivity index (χ0) is 18.9. The number of aliphatic imine (C=N–C) groups is 1. The molecule has 2 aliphatic heterocycles. The molecule has 2 heterocycles. The fraction of sp³-hybridized carbons (Fsp3) is 0.471. The first-order valence-corrected chi connectivity index (χ1v) is 11.0. The van der Waals surface area contributed by atoms with Crippen molar-refractivity contribution in [3.05, 3.63) is 29.8 Å². The van der Waals surface area contributed by atoms with E-state index in [1.165, 1.54) is 11.8 Å². The highest BCUT2D eigenvalue weighted by Crippen LogP contribution is 2.41. The first-order valence-electron chi connectivity index (χ1n) is 8.29. The van der Waals surface area contributed by atoms with Gasteiger partial charge < -0.3 is 14.8 Å². The van der Waals surface area contributed by atoms with E-state index in [2.05, 4.69) is 4.99 Å². The van der Waals surface area contributed by atoms with Crippen molar-refractivity contribution in [2.75, 3.05) is 16.4 Å². The van der Waals surface area contributed by atoms with E-state index in [-0.39, 0.29) is 42.1 Å². The first kappa shape index (κ1) is 18.9. The number of rotatable bonds is 5. The summed E-state index contributed by atoms with van der Waals surface area (Å²) < 4.78 is 24.0. The molecule has 2 fully saturated rings. The summed E-state index contributed by atoms with van der Waals surface area (Å²) in [5.74, 6) is -1.49. The number of carboxylic acid groups (broad SMARTS) is 1. The van der Waals surface area contributed by atoms with Crippen LogP contribution in [0, 0.1) is 6.92 Å². The van der Waals surface area contributed by atoms with Gasteiger partial charge in [0.25, 0.3) is 0 Å². The zero-order valence-corrected chi connectivity index (χ0v) is 15.9. The van der Waals surface area contributed by atoms with E-state index in [1.54, 1.807) is 0 Å². The fourth-order valence-electron chi connectivity index (χ4n) is 3.19. The van der Waals surface area contributed by atoms with Crippen molar-refractivity contribution in [1.82, 2.24) is 0 Å². The Morgan fingerprint density at radius 2 is 2.08 bits per heavy atom. The lowest BCUT2D eigenvalue weighted by atomic mass is 10.1. The second-order valence-electron chi connectivity index (χ2n) is 6.52. The number of sulfone groups is 1. The molecule has 140 valence electrons. The van der Waals surface area contributed by atoms with Crippen LogP contribution in [-0.2, 0) is 19.4 Å². The van der Waals surface area contributed by atoms with Crippen molar-refractivity contribution in [2.45, 2.75) is 37.5 Å². The van der Waals surface area contributed by atoms with Gasteiger partial charge in [-0.15, -0.1) is 0 Å². The predicted octanol–water partition coefficient (Wildman–Crippen LogP) is 0.517. The molecule has 3 rings (SSSR count). The summed E-state index contributed by atoms with van der Waals surface area (Å²) in [6.07, 6.45) is 0.0104. The number of aliphatic carboxylic acids is 1. The molecule has 2 saturated heterocycles. The number of anilines is 1. The highest BCUT2D eigenvalue weighted by Gasteiger charge is 2.49. The topological polar surface area (TPSA) is 107 Å². The lowest BCUT2D eigenvalue weighted by Gasteiger charge is -2.24. The maximum Gasteiger partial charge on any atom is 0.248 e. The number of fused-ring (bicyclic) bond motifs is 1. The summed E-state index contributed by atoms with van der Waals surface area (Å²) >= 11 is 1.31. The Morgan fingerprint density at radius 1 is 1.31 bits per heavy atom. The number of carbonyl (C=O) groups is 2. The van der Waals surface area contributed by atoms with E-state index >= 15 is 0 Å². The minimum Gasteiger partial charge on any atom is -0.550 e. The standard InChI is InChI=1S/C17H20N2O5S2/c1-11-4-2-5-12(8-11)19-13-9-26(23,24)10-14(13)25-17(19)18-15(20)6-3-7-16(21)22/h2,4-5,8,13-14H,3,6-7,9-10H2,1H3,(H,21,22)/p-1/t13-,14-/m1/s1.